The quantitative estimate of drug-likeness (QED) is 0.718. The third kappa shape index (κ3) is 4.93. The molecule has 1 heterocycles. The van der Waals surface area contributed by atoms with Gasteiger partial charge < -0.3 is 15.1 Å². The number of hydrogen-bond acceptors (Lipinski definition) is 3. The summed E-state index contributed by atoms with van der Waals surface area (Å²) in [6.45, 7) is 2.63. The van der Waals surface area contributed by atoms with Crippen LogP contribution in [0.5, 0.6) is 0 Å². The third-order valence-electron chi connectivity index (χ3n) is 4.36. The summed E-state index contributed by atoms with van der Waals surface area (Å²) in [4.78, 5) is 24.8. The van der Waals surface area contributed by atoms with E-state index in [4.69, 9.17) is 5.11 Å². The van der Waals surface area contributed by atoms with E-state index in [0.717, 1.165) is 24.8 Å². The van der Waals surface area contributed by atoms with E-state index in [-0.39, 0.29) is 17.5 Å². The van der Waals surface area contributed by atoms with E-state index in [9.17, 15) is 14.7 Å². The van der Waals surface area contributed by atoms with E-state index in [1.807, 2.05) is 17.9 Å². The zero-order valence-electron chi connectivity index (χ0n) is 14.0. The van der Waals surface area contributed by atoms with E-state index in [0.29, 0.717) is 19.4 Å². The van der Waals surface area contributed by atoms with E-state index >= 15 is 0 Å². The van der Waals surface area contributed by atoms with Gasteiger partial charge in [-0.15, -0.1) is 0 Å². The van der Waals surface area contributed by atoms with Gasteiger partial charge >= 0.3 is 5.97 Å². The van der Waals surface area contributed by atoms with Crippen molar-refractivity contribution in [3.63, 3.8) is 0 Å². The minimum atomic E-state index is -0.938. The van der Waals surface area contributed by atoms with Crippen LogP contribution >= 0.6 is 0 Å². The molecule has 2 N–H and O–H groups in total. The van der Waals surface area contributed by atoms with Gasteiger partial charge in [0, 0.05) is 13.0 Å². The topological polar surface area (TPSA) is 77.8 Å². The summed E-state index contributed by atoms with van der Waals surface area (Å²) in [7, 11) is 0. The van der Waals surface area contributed by atoms with Crippen LogP contribution in [-0.4, -0.2) is 45.7 Å². The number of amides is 1. The van der Waals surface area contributed by atoms with Gasteiger partial charge in [-0.2, -0.15) is 0 Å². The zero-order chi connectivity index (χ0) is 17.5. The molecule has 1 aliphatic rings. The Morgan fingerprint density at radius 3 is 2.71 bits per heavy atom. The van der Waals surface area contributed by atoms with Crippen LogP contribution < -0.4 is 0 Å². The second kappa shape index (κ2) is 8.64. The minimum absolute atomic E-state index is 0.0438. The third-order valence-corrected chi connectivity index (χ3v) is 4.36. The number of carboxylic acid groups (broad SMARTS) is 1. The van der Waals surface area contributed by atoms with Gasteiger partial charge in [-0.05, 0) is 37.0 Å². The molecule has 5 nitrogen and oxygen atoms in total. The summed E-state index contributed by atoms with van der Waals surface area (Å²) in [6.07, 6.45) is 6.95. The van der Waals surface area contributed by atoms with Crippen LogP contribution in [0.1, 0.15) is 48.5 Å². The Hall–Kier alpha value is -2.14. The fraction of sp³-hybridized carbons (Fsp3) is 0.474. The Balaban J connectivity index is 1.93. The number of carboxylic acids is 1. The molecule has 2 rings (SSSR count). The summed E-state index contributed by atoms with van der Waals surface area (Å²) >= 11 is 0. The molecule has 1 aromatic rings. The molecule has 2 atom stereocenters. The Morgan fingerprint density at radius 1 is 1.38 bits per heavy atom. The maximum atomic E-state index is 12.1. The first kappa shape index (κ1) is 18.2. The molecule has 5 heteroatoms. The van der Waals surface area contributed by atoms with Gasteiger partial charge in [0.05, 0.1) is 17.7 Å². The number of benzene rings is 1. The fourth-order valence-corrected chi connectivity index (χ4v) is 2.96. The summed E-state index contributed by atoms with van der Waals surface area (Å²) in [5, 5.41) is 18.7. The molecule has 0 saturated carbocycles. The lowest BCUT2D eigenvalue weighted by Crippen LogP contribution is -2.33. The number of carbonyl (C=O) groups excluding carboxylic acids is 1. The molecular weight excluding hydrogens is 306 g/mol. The molecule has 1 fully saturated rings. The molecule has 0 bridgehead atoms. The minimum Gasteiger partial charge on any atom is -0.478 e. The second-order valence-electron chi connectivity index (χ2n) is 6.19. The van der Waals surface area contributed by atoms with Crippen LogP contribution in [0.15, 0.2) is 36.4 Å². The number of likely N-dealkylation sites (tertiary alicyclic amines) is 1. The number of hydrogen-bond donors (Lipinski definition) is 2. The first-order valence-corrected chi connectivity index (χ1v) is 8.49. The molecule has 24 heavy (non-hydrogen) atoms. The van der Waals surface area contributed by atoms with Gasteiger partial charge in [-0.1, -0.05) is 37.6 Å². The van der Waals surface area contributed by atoms with Crippen LogP contribution in [0.4, 0.5) is 0 Å². The van der Waals surface area contributed by atoms with Crippen molar-refractivity contribution in [1.82, 2.24) is 4.90 Å². The van der Waals surface area contributed by atoms with Gasteiger partial charge in [0.2, 0.25) is 5.91 Å². The van der Waals surface area contributed by atoms with Crippen molar-refractivity contribution in [2.75, 3.05) is 6.54 Å². The molecule has 0 radical (unpaired) electrons. The van der Waals surface area contributed by atoms with Crippen LogP contribution in [-0.2, 0) is 11.2 Å². The van der Waals surface area contributed by atoms with Crippen LogP contribution in [0.3, 0.4) is 0 Å². The number of rotatable bonds is 8. The monoisotopic (exact) mass is 331 g/mol. The predicted molar refractivity (Wildman–Crippen MR) is 91.9 cm³/mol. The number of aliphatic hydroxyl groups is 1. The van der Waals surface area contributed by atoms with E-state index in [2.05, 4.69) is 0 Å². The molecule has 1 saturated heterocycles. The number of aliphatic hydroxyl groups excluding tert-OH is 1. The average molecular weight is 331 g/mol. The van der Waals surface area contributed by atoms with Crippen molar-refractivity contribution in [3.05, 3.63) is 47.5 Å². The Labute approximate surface area is 142 Å². The fourth-order valence-electron chi connectivity index (χ4n) is 2.96. The molecular formula is C19H25NO4. The van der Waals surface area contributed by atoms with Gasteiger partial charge in [0.15, 0.2) is 0 Å². The van der Waals surface area contributed by atoms with Crippen molar-refractivity contribution < 1.29 is 19.8 Å². The maximum Gasteiger partial charge on any atom is 0.335 e. The average Bonchev–Trinajstić information content (AvgIpc) is 2.91. The second-order valence-corrected chi connectivity index (χ2v) is 6.19. The lowest BCUT2D eigenvalue weighted by atomic mass is 10.1. The van der Waals surface area contributed by atoms with E-state index in [1.165, 1.54) is 0 Å². The number of nitrogens with zero attached hydrogens (tertiary/aromatic N) is 1. The molecule has 1 aliphatic heterocycles. The lowest BCUT2D eigenvalue weighted by Gasteiger charge is -2.22. The summed E-state index contributed by atoms with van der Waals surface area (Å²) < 4.78 is 0. The van der Waals surface area contributed by atoms with E-state index < -0.39 is 12.1 Å². The first-order chi connectivity index (χ1) is 11.5. The SMILES string of the molecule is CCCC(O)/C=C\C1CCC(=O)N1CCc1ccc(C(=O)O)cc1. The summed E-state index contributed by atoms with van der Waals surface area (Å²) in [6, 6.07) is 6.80. The van der Waals surface area contributed by atoms with Crippen molar-refractivity contribution in [2.45, 2.75) is 51.2 Å². The van der Waals surface area contributed by atoms with Crippen LogP contribution in [0, 0.1) is 0 Å². The molecule has 0 spiro atoms. The van der Waals surface area contributed by atoms with Crippen molar-refractivity contribution >= 4 is 11.9 Å². The number of aromatic carboxylic acids is 1. The van der Waals surface area contributed by atoms with Gasteiger partial charge in [-0.25, -0.2) is 4.79 Å². The van der Waals surface area contributed by atoms with Gasteiger partial charge in [0.1, 0.15) is 0 Å². The van der Waals surface area contributed by atoms with Gasteiger partial charge in [0.25, 0.3) is 0 Å². The maximum absolute atomic E-state index is 12.1. The largest absolute Gasteiger partial charge is 0.478 e. The highest BCUT2D eigenvalue weighted by atomic mass is 16.4. The first-order valence-electron chi connectivity index (χ1n) is 8.49. The Kier molecular flexibility index (Phi) is 6.55. The molecule has 2 unspecified atom stereocenters. The highest BCUT2D eigenvalue weighted by molar-refractivity contribution is 5.87. The smallest absolute Gasteiger partial charge is 0.335 e. The summed E-state index contributed by atoms with van der Waals surface area (Å²) in [5.74, 6) is -0.802. The molecule has 0 aromatic heterocycles. The molecule has 130 valence electrons. The Bertz CT molecular complexity index is 594. The van der Waals surface area contributed by atoms with Crippen LogP contribution in [0.2, 0.25) is 0 Å². The molecule has 0 aliphatic carbocycles. The van der Waals surface area contributed by atoms with Gasteiger partial charge in [-0.3, -0.25) is 4.79 Å². The highest BCUT2D eigenvalue weighted by Gasteiger charge is 2.28. The molecule has 1 amide bonds. The van der Waals surface area contributed by atoms with Crippen molar-refractivity contribution in [1.29, 1.82) is 0 Å². The Morgan fingerprint density at radius 2 is 2.08 bits per heavy atom. The van der Waals surface area contributed by atoms with E-state index in [1.54, 1.807) is 30.3 Å². The number of carbonyl (C=O) groups is 2. The standard InChI is InChI=1S/C19H25NO4/c1-2-3-17(21)10-8-16-9-11-18(22)20(16)13-12-14-4-6-15(7-5-14)19(23)24/h4-8,10,16-17,21H,2-3,9,11-13H2,1H3,(H,23,24)/b10-8-. The normalized spacial score (nSPS) is 19.2. The highest BCUT2D eigenvalue weighted by Crippen LogP contribution is 2.21. The van der Waals surface area contributed by atoms with Crippen molar-refractivity contribution in [2.24, 2.45) is 0 Å². The lowest BCUT2D eigenvalue weighted by molar-refractivity contribution is -0.128. The molecule has 1 aromatic carbocycles. The zero-order valence-corrected chi connectivity index (χ0v) is 14.0. The summed E-state index contributed by atoms with van der Waals surface area (Å²) in [5.41, 5.74) is 1.27. The van der Waals surface area contributed by atoms with Crippen LogP contribution in [0.25, 0.3) is 0 Å². The predicted octanol–water partition coefficient (Wildman–Crippen LogP) is 2.64. The van der Waals surface area contributed by atoms with Crippen molar-refractivity contribution in [3.8, 4) is 0 Å².